The molecule has 0 amide bonds. The van der Waals surface area contributed by atoms with E-state index in [9.17, 15) is 4.79 Å². The van der Waals surface area contributed by atoms with Crippen molar-refractivity contribution in [3.63, 3.8) is 0 Å². The lowest BCUT2D eigenvalue weighted by Gasteiger charge is -2.09. The number of hydrogen-bond acceptors (Lipinski definition) is 6. The molecule has 8 nitrogen and oxygen atoms in total. The van der Waals surface area contributed by atoms with Crippen LogP contribution >= 0.6 is 0 Å². The van der Waals surface area contributed by atoms with Crippen LogP contribution in [-0.2, 0) is 4.74 Å². The van der Waals surface area contributed by atoms with Gasteiger partial charge in [0.2, 0.25) is 0 Å². The fourth-order valence-corrected chi connectivity index (χ4v) is 2.58. The highest BCUT2D eigenvalue weighted by molar-refractivity contribution is 6.00. The SMILES string of the molecule is COC(=O)c1ncn(-c2ccc3c(c2)c(/C=N\O)cn3C(C)C)n1. The van der Waals surface area contributed by atoms with Crippen LogP contribution in [0.15, 0.2) is 35.9 Å². The Morgan fingerprint density at radius 2 is 2.21 bits per heavy atom. The molecule has 3 rings (SSSR count). The van der Waals surface area contributed by atoms with Gasteiger partial charge in [0, 0.05) is 28.7 Å². The Morgan fingerprint density at radius 3 is 2.88 bits per heavy atom. The first-order valence-electron chi connectivity index (χ1n) is 7.37. The molecule has 0 aliphatic rings. The molecule has 2 aromatic heterocycles. The Balaban J connectivity index is 2.12. The van der Waals surface area contributed by atoms with Gasteiger partial charge in [0.15, 0.2) is 0 Å². The maximum absolute atomic E-state index is 11.5. The summed E-state index contributed by atoms with van der Waals surface area (Å²) in [4.78, 5) is 15.4. The molecule has 0 radical (unpaired) electrons. The minimum atomic E-state index is -0.589. The van der Waals surface area contributed by atoms with Crippen molar-refractivity contribution in [1.29, 1.82) is 0 Å². The summed E-state index contributed by atoms with van der Waals surface area (Å²) >= 11 is 0. The Morgan fingerprint density at radius 1 is 1.42 bits per heavy atom. The summed E-state index contributed by atoms with van der Waals surface area (Å²) in [5, 5.41) is 17.0. The van der Waals surface area contributed by atoms with E-state index in [1.807, 2.05) is 24.4 Å². The van der Waals surface area contributed by atoms with Gasteiger partial charge in [0.1, 0.15) is 6.33 Å². The number of aromatic nitrogens is 4. The van der Waals surface area contributed by atoms with Crippen LogP contribution in [0, 0.1) is 0 Å². The molecule has 0 aliphatic heterocycles. The van der Waals surface area contributed by atoms with Crippen molar-refractivity contribution < 1.29 is 14.7 Å². The summed E-state index contributed by atoms with van der Waals surface area (Å²) in [6.07, 6.45) is 4.78. The third-order valence-corrected chi connectivity index (χ3v) is 3.73. The summed E-state index contributed by atoms with van der Waals surface area (Å²) in [5.74, 6) is -0.594. The zero-order chi connectivity index (χ0) is 17.3. The number of benzene rings is 1. The van der Waals surface area contributed by atoms with Crippen molar-refractivity contribution in [2.24, 2.45) is 5.16 Å². The van der Waals surface area contributed by atoms with Crippen LogP contribution in [0.2, 0.25) is 0 Å². The van der Waals surface area contributed by atoms with Crippen molar-refractivity contribution in [3.8, 4) is 5.69 Å². The van der Waals surface area contributed by atoms with Gasteiger partial charge < -0.3 is 14.5 Å². The smallest absolute Gasteiger partial charge is 0.377 e. The van der Waals surface area contributed by atoms with Crippen LogP contribution < -0.4 is 0 Å². The fraction of sp³-hybridized carbons (Fsp3) is 0.250. The Bertz CT molecular complexity index is 923. The molecule has 0 spiro atoms. The summed E-state index contributed by atoms with van der Waals surface area (Å²) in [7, 11) is 1.28. The highest BCUT2D eigenvalue weighted by Crippen LogP contribution is 2.26. The lowest BCUT2D eigenvalue weighted by atomic mass is 10.1. The number of nitrogens with zero attached hydrogens (tertiary/aromatic N) is 5. The first-order valence-corrected chi connectivity index (χ1v) is 7.37. The van der Waals surface area contributed by atoms with Crippen LogP contribution in [-0.4, -0.2) is 43.8 Å². The molecule has 0 saturated carbocycles. The summed E-state index contributed by atoms with van der Waals surface area (Å²) < 4.78 is 8.20. The van der Waals surface area contributed by atoms with Gasteiger partial charge in [-0.05, 0) is 32.0 Å². The zero-order valence-electron chi connectivity index (χ0n) is 13.5. The number of methoxy groups -OCH3 is 1. The minimum Gasteiger partial charge on any atom is -0.463 e. The number of carbonyl (C=O) groups excluding carboxylic acids is 1. The maximum Gasteiger partial charge on any atom is 0.377 e. The highest BCUT2D eigenvalue weighted by atomic mass is 16.5. The molecular formula is C16H17N5O3. The zero-order valence-corrected chi connectivity index (χ0v) is 13.5. The quantitative estimate of drug-likeness (QED) is 0.344. The van der Waals surface area contributed by atoms with Crippen molar-refractivity contribution in [3.05, 3.63) is 42.1 Å². The van der Waals surface area contributed by atoms with Crippen molar-refractivity contribution >= 4 is 23.1 Å². The van der Waals surface area contributed by atoms with Gasteiger partial charge in [0.05, 0.1) is 19.0 Å². The number of fused-ring (bicyclic) bond motifs is 1. The lowest BCUT2D eigenvalue weighted by Crippen LogP contribution is -2.05. The van der Waals surface area contributed by atoms with E-state index < -0.39 is 5.97 Å². The molecule has 0 unspecified atom stereocenters. The average molecular weight is 327 g/mol. The average Bonchev–Trinajstić information content (AvgIpc) is 3.19. The van der Waals surface area contributed by atoms with Crippen LogP contribution in [0.3, 0.4) is 0 Å². The Kier molecular flexibility index (Phi) is 4.03. The number of carbonyl (C=O) groups is 1. The van der Waals surface area contributed by atoms with Gasteiger partial charge in [-0.3, -0.25) is 0 Å². The Hall–Kier alpha value is -3.16. The number of hydrogen-bond donors (Lipinski definition) is 1. The van der Waals surface area contributed by atoms with Gasteiger partial charge in [-0.25, -0.2) is 14.5 Å². The first-order chi connectivity index (χ1) is 11.5. The molecule has 0 fully saturated rings. The van der Waals surface area contributed by atoms with E-state index in [0.29, 0.717) is 0 Å². The van der Waals surface area contributed by atoms with E-state index in [-0.39, 0.29) is 11.9 Å². The Labute approximate surface area is 138 Å². The van der Waals surface area contributed by atoms with Gasteiger partial charge in [0.25, 0.3) is 5.82 Å². The van der Waals surface area contributed by atoms with Gasteiger partial charge in [-0.15, -0.1) is 5.10 Å². The first kappa shape index (κ1) is 15.7. The topological polar surface area (TPSA) is 94.5 Å². The van der Waals surface area contributed by atoms with Gasteiger partial charge >= 0.3 is 5.97 Å². The molecule has 124 valence electrons. The lowest BCUT2D eigenvalue weighted by molar-refractivity contribution is 0.0587. The van der Waals surface area contributed by atoms with E-state index in [2.05, 4.69) is 38.4 Å². The van der Waals surface area contributed by atoms with Crippen molar-refractivity contribution in [2.45, 2.75) is 19.9 Å². The molecule has 3 aromatic rings. The number of ether oxygens (including phenoxy) is 1. The molecule has 0 saturated heterocycles. The van der Waals surface area contributed by atoms with Crippen LogP contribution in [0.25, 0.3) is 16.6 Å². The van der Waals surface area contributed by atoms with E-state index in [1.165, 1.54) is 24.3 Å². The second-order valence-corrected chi connectivity index (χ2v) is 5.54. The monoisotopic (exact) mass is 327 g/mol. The third kappa shape index (κ3) is 2.62. The predicted octanol–water partition coefficient (Wildman–Crippen LogP) is 2.40. The second-order valence-electron chi connectivity index (χ2n) is 5.54. The van der Waals surface area contributed by atoms with Crippen LogP contribution in [0.5, 0.6) is 0 Å². The predicted molar refractivity (Wildman–Crippen MR) is 88.0 cm³/mol. The molecule has 1 aromatic carbocycles. The minimum absolute atomic E-state index is 0.00510. The van der Waals surface area contributed by atoms with Gasteiger partial charge in [-0.2, -0.15) is 0 Å². The van der Waals surface area contributed by atoms with Crippen molar-refractivity contribution in [2.75, 3.05) is 7.11 Å². The summed E-state index contributed by atoms with van der Waals surface area (Å²) in [5.41, 5.74) is 2.53. The third-order valence-electron chi connectivity index (χ3n) is 3.73. The number of esters is 1. The van der Waals surface area contributed by atoms with E-state index >= 15 is 0 Å². The normalized spacial score (nSPS) is 11.7. The van der Waals surface area contributed by atoms with E-state index in [4.69, 9.17) is 5.21 Å². The molecule has 0 atom stereocenters. The molecule has 0 bridgehead atoms. The summed E-state index contributed by atoms with van der Waals surface area (Å²) in [6.45, 7) is 4.15. The highest BCUT2D eigenvalue weighted by Gasteiger charge is 2.14. The summed E-state index contributed by atoms with van der Waals surface area (Å²) in [6, 6.07) is 6.01. The van der Waals surface area contributed by atoms with Crippen molar-refractivity contribution in [1.82, 2.24) is 19.3 Å². The fourth-order valence-electron chi connectivity index (χ4n) is 2.58. The number of oxime groups is 1. The molecule has 1 N–H and O–H groups in total. The second kappa shape index (κ2) is 6.15. The standard InChI is InChI=1S/C16H17N5O3/c1-10(2)20-8-11(7-18-23)13-6-12(4-5-14(13)20)21-9-17-15(19-21)16(22)24-3/h4-10,23H,1-3H3/b18-7-. The van der Waals surface area contributed by atoms with Crippen LogP contribution in [0.4, 0.5) is 0 Å². The molecule has 2 heterocycles. The van der Waals surface area contributed by atoms with Gasteiger partial charge in [-0.1, -0.05) is 5.16 Å². The maximum atomic E-state index is 11.5. The number of rotatable bonds is 4. The molecule has 0 aliphatic carbocycles. The molecule has 24 heavy (non-hydrogen) atoms. The molecule has 8 heteroatoms. The van der Waals surface area contributed by atoms with Crippen LogP contribution in [0.1, 0.15) is 36.1 Å². The van der Waals surface area contributed by atoms with E-state index in [1.54, 1.807) is 0 Å². The largest absolute Gasteiger partial charge is 0.463 e. The van der Waals surface area contributed by atoms with E-state index in [0.717, 1.165) is 22.2 Å². The molecular weight excluding hydrogens is 310 g/mol.